The van der Waals surface area contributed by atoms with Crippen LogP contribution in [0.15, 0.2) is 0 Å². The topological polar surface area (TPSA) is 90.2 Å². The monoisotopic (exact) mass is 164 g/mol. The molecular weight excluding hydrogens is 152 g/mol. The van der Waals surface area contributed by atoms with Gasteiger partial charge in [-0.25, -0.2) is 0 Å². The molecule has 1 saturated heterocycles. The molecule has 66 valence electrons. The fraction of sp³-hybridized carbons (Fsp3) is 1.00. The van der Waals surface area contributed by atoms with E-state index < -0.39 is 24.4 Å². The third kappa shape index (κ3) is 1.52. The molecule has 1 rings (SSSR count). The minimum absolute atomic E-state index is 0.352. The average Bonchev–Trinajstić information content (AvgIpc) is 2.30. The predicted octanol–water partition coefficient (Wildman–Crippen LogP) is -2.54. The summed E-state index contributed by atoms with van der Waals surface area (Å²) in [4.78, 5) is 0. The van der Waals surface area contributed by atoms with Crippen LogP contribution in [-0.2, 0) is 4.74 Å². The van der Waals surface area contributed by atoms with Crippen molar-refractivity contribution in [1.82, 2.24) is 0 Å². The van der Waals surface area contributed by atoms with Gasteiger partial charge in [0.15, 0.2) is 0 Å². The van der Waals surface area contributed by atoms with Crippen LogP contribution < -0.4 is 0 Å². The Kier molecular flexibility index (Phi) is 2.80. The highest BCUT2D eigenvalue weighted by Gasteiger charge is 2.41. The van der Waals surface area contributed by atoms with E-state index in [1.165, 1.54) is 0 Å². The molecule has 0 bridgehead atoms. The van der Waals surface area contributed by atoms with Gasteiger partial charge in [-0.2, -0.15) is 0 Å². The Hall–Kier alpha value is -0.200. The zero-order chi connectivity index (χ0) is 8.43. The highest BCUT2D eigenvalue weighted by Crippen LogP contribution is 2.20. The van der Waals surface area contributed by atoms with Crippen molar-refractivity contribution in [2.24, 2.45) is 0 Å². The van der Waals surface area contributed by atoms with Crippen molar-refractivity contribution in [3.05, 3.63) is 0 Å². The van der Waals surface area contributed by atoms with E-state index in [0.717, 1.165) is 0 Å². The van der Waals surface area contributed by atoms with Crippen LogP contribution in [0.1, 0.15) is 0 Å². The molecule has 1 aliphatic rings. The lowest BCUT2D eigenvalue weighted by molar-refractivity contribution is -0.0395. The summed E-state index contributed by atoms with van der Waals surface area (Å²) in [6.07, 6.45) is -3.75. The minimum Gasteiger partial charge on any atom is -0.394 e. The first kappa shape index (κ1) is 8.89. The van der Waals surface area contributed by atoms with E-state index in [2.05, 4.69) is 0 Å². The van der Waals surface area contributed by atoms with Gasteiger partial charge in [0.2, 0.25) is 0 Å². The number of aliphatic hydroxyl groups excluding tert-OH is 4. The normalized spacial score (nSPS) is 44.7. The van der Waals surface area contributed by atoms with E-state index in [9.17, 15) is 0 Å². The molecule has 5 nitrogen and oxygen atoms in total. The Balaban J connectivity index is 2.53. The van der Waals surface area contributed by atoms with E-state index in [4.69, 9.17) is 25.2 Å². The van der Waals surface area contributed by atoms with Crippen molar-refractivity contribution in [3.63, 3.8) is 0 Å². The van der Waals surface area contributed by atoms with Crippen LogP contribution in [-0.4, -0.2) is 58.1 Å². The highest BCUT2D eigenvalue weighted by molar-refractivity contribution is 4.89. The second-order valence-electron chi connectivity index (χ2n) is 2.56. The molecule has 0 amide bonds. The van der Waals surface area contributed by atoms with Gasteiger partial charge in [0.25, 0.3) is 0 Å². The molecule has 0 saturated carbocycles. The van der Waals surface area contributed by atoms with Gasteiger partial charge in [-0.15, -0.1) is 0 Å². The summed E-state index contributed by atoms with van der Waals surface area (Å²) in [6, 6.07) is 0. The molecule has 4 atom stereocenters. The molecule has 4 N–H and O–H groups in total. The van der Waals surface area contributed by atoms with Gasteiger partial charge in [-0.1, -0.05) is 0 Å². The van der Waals surface area contributed by atoms with Crippen LogP contribution >= 0.6 is 0 Å². The van der Waals surface area contributed by atoms with Gasteiger partial charge < -0.3 is 25.2 Å². The Morgan fingerprint density at radius 1 is 0.909 bits per heavy atom. The van der Waals surface area contributed by atoms with Crippen molar-refractivity contribution in [2.75, 3.05) is 13.2 Å². The molecule has 0 aromatic rings. The molecule has 1 heterocycles. The van der Waals surface area contributed by atoms with Crippen molar-refractivity contribution < 1.29 is 25.2 Å². The highest BCUT2D eigenvalue weighted by atomic mass is 16.6. The van der Waals surface area contributed by atoms with E-state index in [1.807, 2.05) is 0 Å². The van der Waals surface area contributed by atoms with Crippen molar-refractivity contribution in [1.29, 1.82) is 0 Å². The summed E-state index contributed by atoms with van der Waals surface area (Å²) in [7, 11) is 0. The molecule has 11 heavy (non-hydrogen) atoms. The third-order valence-electron chi connectivity index (χ3n) is 1.82. The lowest BCUT2D eigenvalue weighted by Crippen LogP contribution is -2.34. The van der Waals surface area contributed by atoms with Gasteiger partial charge in [0.1, 0.15) is 24.4 Å². The molecule has 5 heteroatoms. The van der Waals surface area contributed by atoms with Crippen molar-refractivity contribution in [3.8, 4) is 0 Å². The Morgan fingerprint density at radius 2 is 1.27 bits per heavy atom. The first-order valence-corrected chi connectivity index (χ1v) is 3.44. The first-order valence-electron chi connectivity index (χ1n) is 3.44. The Morgan fingerprint density at radius 3 is 1.45 bits per heavy atom. The van der Waals surface area contributed by atoms with Crippen LogP contribution in [0.4, 0.5) is 0 Å². The van der Waals surface area contributed by atoms with Crippen LogP contribution in [0.3, 0.4) is 0 Å². The van der Waals surface area contributed by atoms with Crippen LogP contribution in [0.2, 0.25) is 0 Å². The summed E-state index contributed by atoms with van der Waals surface area (Å²) in [5.74, 6) is 0. The maximum Gasteiger partial charge on any atom is 0.111 e. The maximum atomic E-state index is 9.11. The van der Waals surface area contributed by atoms with Gasteiger partial charge in [0, 0.05) is 0 Å². The van der Waals surface area contributed by atoms with Gasteiger partial charge in [-0.3, -0.25) is 0 Å². The smallest absolute Gasteiger partial charge is 0.111 e. The number of ether oxygens (including phenoxy) is 1. The van der Waals surface area contributed by atoms with Crippen LogP contribution in [0.5, 0.6) is 0 Å². The molecule has 0 aromatic heterocycles. The number of hydrogen-bond acceptors (Lipinski definition) is 5. The predicted molar refractivity (Wildman–Crippen MR) is 34.8 cm³/mol. The fourth-order valence-corrected chi connectivity index (χ4v) is 1.13. The first-order chi connectivity index (χ1) is 5.20. The van der Waals surface area contributed by atoms with Crippen molar-refractivity contribution >= 4 is 0 Å². The standard InChI is InChI=1S/C6H12O5/c7-1-3-5(9)6(10)4(2-8)11-3/h3-10H,1-2H2/t3?,4?,5-,6-/m0/s1. The zero-order valence-electron chi connectivity index (χ0n) is 5.92. The van der Waals surface area contributed by atoms with E-state index in [-0.39, 0.29) is 13.2 Å². The second kappa shape index (κ2) is 3.46. The van der Waals surface area contributed by atoms with E-state index >= 15 is 0 Å². The molecule has 0 radical (unpaired) electrons. The third-order valence-corrected chi connectivity index (χ3v) is 1.82. The SMILES string of the molecule is OCC1OC(CO)[C@H](O)[C@H]1O. The van der Waals surface area contributed by atoms with Crippen LogP contribution in [0.25, 0.3) is 0 Å². The maximum absolute atomic E-state index is 9.11. The summed E-state index contributed by atoms with van der Waals surface area (Å²) in [5.41, 5.74) is 0. The van der Waals surface area contributed by atoms with Gasteiger partial charge in [-0.05, 0) is 0 Å². The quantitative estimate of drug-likeness (QED) is 0.361. The minimum atomic E-state index is -1.10. The second-order valence-corrected chi connectivity index (χ2v) is 2.56. The largest absolute Gasteiger partial charge is 0.394 e. The molecule has 0 spiro atoms. The fourth-order valence-electron chi connectivity index (χ4n) is 1.13. The molecule has 1 fully saturated rings. The van der Waals surface area contributed by atoms with E-state index in [0.29, 0.717) is 0 Å². The molecule has 1 aliphatic heterocycles. The Labute approximate surface area is 63.8 Å². The van der Waals surface area contributed by atoms with Crippen molar-refractivity contribution in [2.45, 2.75) is 24.4 Å². The van der Waals surface area contributed by atoms with Gasteiger partial charge in [0.05, 0.1) is 13.2 Å². The Bertz CT molecular complexity index is 110. The van der Waals surface area contributed by atoms with Crippen LogP contribution in [0, 0.1) is 0 Å². The summed E-state index contributed by atoms with van der Waals surface area (Å²) < 4.78 is 4.88. The molecule has 2 unspecified atom stereocenters. The van der Waals surface area contributed by atoms with Gasteiger partial charge >= 0.3 is 0 Å². The average molecular weight is 164 g/mol. The lowest BCUT2D eigenvalue weighted by Gasteiger charge is -2.10. The summed E-state index contributed by atoms with van der Waals surface area (Å²) in [6.45, 7) is -0.705. The van der Waals surface area contributed by atoms with E-state index in [1.54, 1.807) is 0 Å². The molecular formula is C6H12O5. The summed E-state index contributed by atoms with van der Waals surface area (Å²) in [5, 5.41) is 35.4. The number of hydrogen-bond donors (Lipinski definition) is 4. The number of aliphatic hydroxyl groups is 4. The lowest BCUT2D eigenvalue weighted by atomic mass is 10.1. The molecule has 0 aliphatic carbocycles. The zero-order valence-corrected chi connectivity index (χ0v) is 5.92. The summed E-state index contributed by atoms with van der Waals surface area (Å²) >= 11 is 0. The number of rotatable bonds is 2. The molecule has 0 aromatic carbocycles.